The number of benzene rings is 2. The van der Waals surface area contributed by atoms with Gasteiger partial charge in [0.25, 0.3) is 15.7 Å². The van der Waals surface area contributed by atoms with E-state index in [1.54, 1.807) is 13.0 Å². The molecule has 11 heteroatoms. The van der Waals surface area contributed by atoms with Gasteiger partial charge in [0.1, 0.15) is 0 Å². The molecule has 0 aliphatic carbocycles. The molecule has 30 heavy (non-hydrogen) atoms. The highest BCUT2D eigenvalue weighted by Crippen LogP contribution is 2.17. The van der Waals surface area contributed by atoms with Crippen LogP contribution in [-0.4, -0.2) is 29.2 Å². The first-order valence-electron chi connectivity index (χ1n) is 8.69. The van der Waals surface area contributed by atoms with E-state index in [0.29, 0.717) is 16.9 Å². The van der Waals surface area contributed by atoms with E-state index in [2.05, 4.69) is 20.0 Å². The number of carbonyl (C=O) groups is 1. The fourth-order valence-electron chi connectivity index (χ4n) is 2.52. The van der Waals surface area contributed by atoms with Gasteiger partial charge in [-0.2, -0.15) is 0 Å². The van der Waals surface area contributed by atoms with Crippen LogP contribution in [0, 0.1) is 17.0 Å². The first-order valence-corrected chi connectivity index (χ1v) is 10.2. The second-order valence-electron chi connectivity index (χ2n) is 6.30. The monoisotopic (exact) mass is 427 g/mol. The highest BCUT2D eigenvalue weighted by molar-refractivity contribution is 7.92. The molecular formula is C19H17N5O5S. The van der Waals surface area contributed by atoms with Crippen molar-refractivity contribution in [3.8, 4) is 0 Å². The van der Waals surface area contributed by atoms with E-state index in [9.17, 15) is 23.3 Å². The highest BCUT2D eigenvalue weighted by atomic mass is 32.2. The summed E-state index contributed by atoms with van der Waals surface area (Å²) in [6.45, 7) is 1.72. The third-order valence-corrected chi connectivity index (χ3v) is 5.32. The SMILES string of the molecule is Cc1ccnc(NS(=O)(=O)c2ccc(NC(=O)Cc3ccc([N+](=O)[O-])cc3)cc2)n1. The van der Waals surface area contributed by atoms with Crippen molar-refractivity contribution in [3.63, 3.8) is 0 Å². The standard InChI is InChI=1S/C19H17N5O5S/c1-13-10-11-20-19(21-13)23-30(28,29)17-8-4-15(5-9-17)22-18(25)12-14-2-6-16(7-3-14)24(26)27/h2-11H,12H2,1H3,(H,22,25)(H,20,21,23). The molecule has 3 aromatic rings. The summed E-state index contributed by atoms with van der Waals surface area (Å²) in [5.41, 5.74) is 1.58. The Labute approximate surface area is 172 Å². The van der Waals surface area contributed by atoms with E-state index < -0.39 is 14.9 Å². The summed E-state index contributed by atoms with van der Waals surface area (Å²) in [6.07, 6.45) is 1.47. The Morgan fingerprint density at radius 2 is 1.73 bits per heavy atom. The number of non-ortho nitro benzene ring substituents is 1. The summed E-state index contributed by atoms with van der Waals surface area (Å²) in [5.74, 6) is -0.374. The molecular weight excluding hydrogens is 410 g/mol. The maximum Gasteiger partial charge on any atom is 0.269 e. The molecule has 0 bridgehead atoms. The van der Waals surface area contributed by atoms with E-state index in [1.165, 1.54) is 54.7 Å². The smallest absolute Gasteiger partial charge is 0.269 e. The molecule has 0 spiro atoms. The number of nitro benzene ring substituents is 1. The van der Waals surface area contributed by atoms with Gasteiger partial charge in [-0.05, 0) is 42.8 Å². The quantitative estimate of drug-likeness (QED) is 0.435. The van der Waals surface area contributed by atoms with Crippen molar-refractivity contribution in [1.29, 1.82) is 0 Å². The number of nitro groups is 1. The van der Waals surface area contributed by atoms with Crippen LogP contribution >= 0.6 is 0 Å². The molecule has 0 fully saturated rings. The number of carbonyl (C=O) groups excluding carboxylic acids is 1. The zero-order valence-electron chi connectivity index (χ0n) is 15.8. The van der Waals surface area contributed by atoms with Crippen LogP contribution in [0.2, 0.25) is 0 Å². The summed E-state index contributed by atoms with van der Waals surface area (Å²) in [5, 5.41) is 13.3. The molecule has 0 unspecified atom stereocenters. The normalized spacial score (nSPS) is 11.0. The van der Waals surface area contributed by atoms with Gasteiger partial charge in [0.2, 0.25) is 11.9 Å². The fourth-order valence-corrected chi connectivity index (χ4v) is 3.47. The number of nitrogens with zero attached hydrogens (tertiary/aromatic N) is 3. The van der Waals surface area contributed by atoms with Crippen LogP contribution in [0.5, 0.6) is 0 Å². The zero-order chi connectivity index (χ0) is 21.7. The summed E-state index contributed by atoms with van der Waals surface area (Å²) in [4.78, 5) is 30.2. The Balaban J connectivity index is 1.63. The number of sulfonamides is 1. The van der Waals surface area contributed by atoms with Gasteiger partial charge in [-0.15, -0.1) is 0 Å². The molecule has 10 nitrogen and oxygen atoms in total. The molecule has 3 rings (SSSR count). The van der Waals surface area contributed by atoms with Gasteiger partial charge < -0.3 is 5.32 Å². The number of amides is 1. The largest absolute Gasteiger partial charge is 0.326 e. The third-order valence-electron chi connectivity index (χ3n) is 3.98. The average molecular weight is 427 g/mol. The molecule has 1 aromatic heterocycles. The average Bonchev–Trinajstić information content (AvgIpc) is 2.68. The highest BCUT2D eigenvalue weighted by Gasteiger charge is 2.16. The molecule has 0 aliphatic heterocycles. The zero-order valence-corrected chi connectivity index (χ0v) is 16.6. The summed E-state index contributed by atoms with van der Waals surface area (Å²) in [6, 6.07) is 12.9. The van der Waals surface area contributed by atoms with Crippen LogP contribution in [-0.2, 0) is 21.2 Å². The van der Waals surface area contributed by atoms with Crippen molar-refractivity contribution in [2.45, 2.75) is 18.2 Å². The van der Waals surface area contributed by atoms with E-state index >= 15 is 0 Å². The predicted octanol–water partition coefficient (Wildman–Crippen LogP) is 2.68. The second-order valence-corrected chi connectivity index (χ2v) is 7.98. The minimum Gasteiger partial charge on any atom is -0.326 e. The van der Waals surface area contributed by atoms with Gasteiger partial charge in [-0.3, -0.25) is 14.9 Å². The molecule has 2 aromatic carbocycles. The van der Waals surface area contributed by atoms with Gasteiger partial charge in [-0.25, -0.2) is 23.1 Å². The van der Waals surface area contributed by atoms with Crippen molar-refractivity contribution in [2.24, 2.45) is 0 Å². The van der Waals surface area contributed by atoms with Crippen LogP contribution in [0.15, 0.2) is 65.7 Å². The predicted molar refractivity (Wildman–Crippen MR) is 109 cm³/mol. The summed E-state index contributed by atoms with van der Waals surface area (Å²) < 4.78 is 27.2. The Hall–Kier alpha value is -3.86. The number of nitrogens with one attached hydrogen (secondary N) is 2. The van der Waals surface area contributed by atoms with Crippen molar-refractivity contribution < 1.29 is 18.1 Å². The van der Waals surface area contributed by atoms with Crippen molar-refractivity contribution in [1.82, 2.24) is 9.97 Å². The maximum absolute atomic E-state index is 12.4. The number of aromatic nitrogens is 2. The third kappa shape index (κ3) is 5.35. The fraction of sp³-hybridized carbons (Fsp3) is 0.105. The lowest BCUT2D eigenvalue weighted by Crippen LogP contribution is -2.16. The first kappa shape index (κ1) is 20.9. The number of hydrogen-bond donors (Lipinski definition) is 2. The summed E-state index contributed by atoms with van der Waals surface area (Å²) in [7, 11) is -3.88. The number of hydrogen-bond acceptors (Lipinski definition) is 7. The molecule has 2 N–H and O–H groups in total. The topological polar surface area (TPSA) is 144 Å². The van der Waals surface area contributed by atoms with Crippen LogP contribution in [0.25, 0.3) is 0 Å². The lowest BCUT2D eigenvalue weighted by molar-refractivity contribution is -0.384. The maximum atomic E-state index is 12.4. The second kappa shape index (κ2) is 8.66. The van der Waals surface area contributed by atoms with E-state index in [-0.39, 0.29) is 28.9 Å². The minimum atomic E-state index is -3.88. The Kier molecular flexibility index (Phi) is 6.02. The van der Waals surface area contributed by atoms with Gasteiger partial charge in [0, 0.05) is 29.7 Å². The Morgan fingerprint density at radius 3 is 2.33 bits per heavy atom. The molecule has 0 aliphatic rings. The van der Waals surface area contributed by atoms with Crippen molar-refractivity contribution in [3.05, 3.63) is 82.2 Å². The van der Waals surface area contributed by atoms with Crippen LogP contribution in [0.3, 0.4) is 0 Å². The number of rotatable bonds is 7. The molecule has 0 atom stereocenters. The summed E-state index contributed by atoms with van der Waals surface area (Å²) >= 11 is 0. The molecule has 1 amide bonds. The van der Waals surface area contributed by atoms with Crippen LogP contribution in [0.4, 0.5) is 17.3 Å². The van der Waals surface area contributed by atoms with Gasteiger partial charge in [0.05, 0.1) is 16.2 Å². The molecule has 1 heterocycles. The van der Waals surface area contributed by atoms with E-state index in [4.69, 9.17) is 0 Å². The lowest BCUT2D eigenvalue weighted by Gasteiger charge is -2.09. The van der Waals surface area contributed by atoms with Crippen molar-refractivity contribution >= 4 is 33.3 Å². The lowest BCUT2D eigenvalue weighted by atomic mass is 10.1. The minimum absolute atomic E-state index is 0.0130. The first-order chi connectivity index (χ1) is 14.2. The van der Waals surface area contributed by atoms with Gasteiger partial charge in [-0.1, -0.05) is 12.1 Å². The Morgan fingerprint density at radius 1 is 1.07 bits per heavy atom. The molecule has 0 saturated heterocycles. The number of aryl methyl sites for hydroxylation is 1. The van der Waals surface area contributed by atoms with Gasteiger partial charge >= 0.3 is 0 Å². The van der Waals surface area contributed by atoms with E-state index in [1.807, 2.05) is 0 Å². The van der Waals surface area contributed by atoms with E-state index in [0.717, 1.165) is 0 Å². The van der Waals surface area contributed by atoms with Gasteiger partial charge in [0.15, 0.2) is 0 Å². The molecule has 0 saturated carbocycles. The Bertz CT molecular complexity index is 1180. The number of anilines is 2. The van der Waals surface area contributed by atoms with Crippen LogP contribution < -0.4 is 10.0 Å². The molecule has 0 radical (unpaired) electrons. The van der Waals surface area contributed by atoms with Crippen molar-refractivity contribution in [2.75, 3.05) is 10.0 Å². The molecule has 154 valence electrons. The van der Waals surface area contributed by atoms with Crippen LogP contribution in [0.1, 0.15) is 11.3 Å².